The largest absolute Gasteiger partial charge is 0.467 e. The third kappa shape index (κ3) is 5.41. The van der Waals surface area contributed by atoms with Crippen LogP contribution in [0.25, 0.3) is 5.69 Å². The number of aromatic nitrogens is 2. The average Bonchev–Trinajstić information content (AvgIpc) is 3.20. The van der Waals surface area contributed by atoms with Crippen LogP contribution in [0, 0.1) is 0 Å². The molecule has 1 N–H and O–H groups in total. The van der Waals surface area contributed by atoms with Gasteiger partial charge >= 0.3 is 12.1 Å². The van der Waals surface area contributed by atoms with E-state index in [-0.39, 0.29) is 17.1 Å². The summed E-state index contributed by atoms with van der Waals surface area (Å²) in [5, 5.41) is 6.51. The summed E-state index contributed by atoms with van der Waals surface area (Å²) in [6.07, 6.45) is -4.77. The molecule has 2 aromatic carbocycles. The molecule has 1 amide bonds. The summed E-state index contributed by atoms with van der Waals surface area (Å²) >= 11 is 12.0. The molecular formula is C21H16Cl2F3N3O3. The van der Waals surface area contributed by atoms with Crippen LogP contribution in [0.2, 0.25) is 10.0 Å². The first-order valence-corrected chi connectivity index (χ1v) is 9.91. The Morgan fingerprint density at radius 2 is 1.78 bits per heavy atom. The van der Waals surface area contributed by atoms with Crippen LogP contribution in [0.1, 0.15) is 21.7 Å². The Kier molecular flexibility index (Phi) is 7.10. The van der Waals surface area contributed by atoms with Crippen molar-refractivity contribution in [2.24, 2.45) is 0 Å². The van der Waals surface area contributed by atoms with Gasteiger partial charge in [-0.05, 0) is 29.8 Å². The highest BCUT2D eigenvalue weighted by molar-refractivity contribution is 6.32. The molecule has 1 heterocycles. The number of hydrogen-bond donors (Lipinski definition) is 1. The number of hydrogen-bond acceptors (Lipinski definition) is 4. The molecule has 0 aliphatic rings. The standard InChI is InChI=1S/C21H16Cl2F3N3O3/c1-32-20(31)15(10-12-6-8-13(22)9-7-12)27-19(30)17-11-18(21(24,25)26)28-29(17)16-5-3-2-4-14(16)23/h2-9,11,15H,10H2,1H3,(H,27,30). The van der Waals surface area contributed by atoms with E-state index >= 15 is 0 Å². The Bertz CT molecular complexity index is 1130. The molecule has 3 rings (SSSR count). The lowest BCUT2D eigenvalue weighted by molar-refractivity contribution is -0.143. The van der Waals surface area contributed by atoms with Crippen LogP contribution < -0.4 is 5.32 Å². The van der Waals surface area contributed by atoms with Crippen LogP contribution in [0.3, 0.4) is 0 Å². The molecular weight excluding hydrogens is 470 g/mol. The second-order valence-electron chi connectivity index (χ2n) is 6.66. The Morgan fingerprint density at radius 3 is 2.38 bits per heavy atom. The Morgan fingerprint density at radius 1 is 1.12 bits per heavy atom. The lowest BCUT2D eigenvalue weighted by Gasteiger charge is -2.17. The number of amides is 1. The van der Waals surface area contributed by atoms with Crippen molar-refractivity contribution in [3.05, 3.63) is 81.6 Å². The molecule has 0 bridgehead atoms. The lowest BCUT2D eigenvalue weighted by Crippen LogP contribution is -2.43. The third-order valence-corrected chi connectivity index (χ3v) is 5.03. The van der Waals surface area contributed by atoms with E-state index < -0.39 is 35.5 Å². The SMILES string of the molecule is COC(=O)C(Cc1ccc(Cl)cc1)NC(=O)c1cc(C(F)(F)F)nn1-c1ccccc1Cl. The van der Waals surface area contributed by atoms with Crippen LogP contribution in [-0.4, -0.2) is 34.8 Å². The maximum absolute atomic E-state index is 13.3. The van der Waals surface area contributed by atoms with Crippen LogP contribution in [0.4, 0.5) is 13.2 Å². The van der Waals surface area contributed by atoms with Crippen LogP contribution in [0.5, 0.6) is 0 Å². The summed E-state index contributed by atoms with van der Waals surface area (Å²) in [5.74, 6) is -1.73. The molecule has 0 spiro atoms. The van der Waals surface area contributed by atoms with E-state index in [4.69, 9.17) is 27.9 Å². The molecule has 32 heavy (non-hydrogen) atoms. The number of esters is 1. The fourth-order valence-corrected chi connectivity index (χ4v) is 3.25. The zero-order valence-electron chi connectivity index (χ0n) is 16.5. The van der Waals surface area contributed by atoms with E-state index in [9.17, 15) is 22.8 Å². The van der Waals surface area contributed by atoms with E-state index in [1.807, 2.05) is 0 Å². The van der Waals surface area contributed by atoms with Crippen molar-refractivity contribution in [1.82, 2.24) is 15.1 Å². The number of rotatable bonds is 6. The first kappa shape index (κ1) is 23.6. The summed E-state index contributed by atoms with van der Waals surface area (Å²) in [6, 6.07) is 11.9. The molecule has 0 saturated carbocycles. The minimum atomic E-state index is -4.80. The maximum Gasteiger partial charge on any atom is 0.435 e. The van der Waals surface area contributed by atoms with E-state index in [1.54, 1.807) is 30.3 Å². The number of alkyl halides is 3. The number of halogens is 5. The highest BCUT2D eigenvalue weighted by Crippen LogP contribution is 2.31. The van der Waals surface area contributed by atoms with Crippen molar-refractivity contribution in [2.45, 2.75) is 18.6 Å². The van der Waals surface area contributed by atoms with Gasteiger partial charge in [0.1, 0.15) is 11.7 Å². The molecule has 1 aromatic heterocycles. The zero-order valence-corrected chi connectivity index (χ0v) is 18.0. The quantitative estimate of drug-likeness (QED) is 0.513. The van der Waals surface area contributed by atoms with Gasteiger partial charge in [0.15, 0.2) is 5.69 Å². The topological polar surface area (TPSA) is 73.2 Å². The second kappa shape index (κ2) is 9.62. The maximum atomic E-state index is 13.3. The van der Waals surface area contributed by atoms with Gasteiger partial charge in [0.2, 0.25) is 0 Å². The average molecular weight is 486 g/mol. The molecule has 0 saturated heterocycles. The molecule has 6 nitrogen and oxygen atoms in total. The number of nitrogens with one attached hydrogen (secondary N) is 1. The number of benzene rings is 2. The van der Waals surface area contributed by atoms with Crippen LogP contribution >= 0.6 is 23.2 Å². The van der Waals surface area contributed by atoms with Gasteiger partial charge in [0.05, 0.1) is 17.8 Å². The number of methoxy groups -OCH3 is 1. The van der Waals surface area contributed by atoms with Crippen molar-refractivity contribution in [3.63, 3.8) is 0 Å². The summed E-state index contributed by atoms with van der Waals surface area (Å²) in [7, 11) is 1.14. The van der Waals surface area contributed by atoms with Crippen molar-refractivity contribution >= 4 is 35.1 Å². The fraction of sp³-hybridized carbons (Fsp3) is 0.190. The van der Waals surface area contributed by atoms with Crippen molar-refractivity contribution in [3.8, 4) is 5.69 Å². The van der Waals surface area contributed by atoms with Crippen molar-refractivity contribution < 1.29 is 27.5 Å². The minimum Gasteiger partial charge on any atom is -0.467 e. The second-order valence-corrected chi connectivity index (χ2v) is 7.50. The Balaban J connectivity index is 1.97. The first-order valence-electron chi connectivity index (χ1n) is 9.15. The van der Waals surface area contributed by atoms with Gasteiger partial charge in [0, 0.05) is 17.5 Å². The minimum absolute atomic E-state index is 0.0297. The highest BCUT2D eigenvalue weighted by Gasteiger charge is 2.37. The molecule has 0 aliphatic heterocycles. The molecule has 3 aromatic rings. The van der Waals surface area contributed by atoms with Gasteiger partial charge in [-0.3, -0.25) is 4.79 Å². The zero-order chi connectivity index (χ0) is 23.5. The number of carbonyl (C=O) groups is 2. The van der Waals surface area contributed by atoms with Gasteiger partial charge in [-0.15, -0.1) is 0 Å². The summed E-state index contributed by atoms with van der Waals surface area (Å²) in [5.41, 5.74) is -1.01. The summed E-state index contributed by atoms with van der Waals surface area (Å²) in [4.78, 5) is 25.2. The first-order chi connectivity index (χ1) is 15.1. The van der Waals surface area contributed by atoms with E-state index in [0.29, 0.717) is 16.7 Å². The number of ether oxygens (including phenoxy) is 1. The lowest BCUT2D eigenvalue weighted by atomic mass is 10.1. The molecule has 168 valence electrons. The predicted molar refractivity (Wildman–Crippen MR) is 112 cm³/mol. The van der Waals surface area contributed by atoms with Gasteiger partial charge < -0.3 is 10.1 Å². The fourth-order valence-electron chi connectivity index (χ4n) is 2.91. The summed E-state index contributed by atoms with van der Waals surface area (Å²) in [6.45, 7) is 0. The summed E-state index contributed by atoms with van der Waals surface area (Å²) < 4.78 is 45.4. The number of para-hydroxylation sites is 1. The van der Waals surface area contributed by atoms with Crippen LogP contribution in [0.15, 0.2) is 54.6 Å². The van der Waals surface area contributed by atoms with Crippen LogP contribution in [-0.2, 0) is 22.1 Å². The van der Waals surface area contributed by atoms with Gasteiger partial charge in [-0.25, -0.2) is 9.48 Å². The highest BCUT2D eigenvalue weighted by atomic mass is 35.5. The van der Waals surface area contributed by atoms with Crippen molar-refractivity contribution in [2.75, 3.05) is 7.11 Å². The van der Waals surface area contributed by atoms with Gasteiger partial charge in [-0.1, -0.05) is 47.5 Å². The van der Waals surface area contributed by atoms with E-state index in [1.165, 1.54) is 18.2 Å². The molecule has 11 heteroatoms. The normalized spacial score (nSPS) is 12.3. The number of nitrogens with zero attached hydrogens (tertiary/aromatic N) is 2. The molecule has 0 fully saturated rings. The molecule has 0 radical (unpaired) electrons. The van der Waals surface area contributed by atoms with E-state index in [0.717, 1.165) is 11.8 Å². The monoisotopic (exact) mass is 485 g/mol. The van der Waals surface area contributed by atoms with Gasteiger partial charge in [-0.2, -0.15) is 18.3 Å². The third-order valence-electron chi connectivity index (χ3n) is 4.46. The van der Waals surface area contributed by atoms with Crippen molar-refractivity contribution in [1.29, 1.82) is 0 Å². The predicted octanol–water partition coefficient (Wildman–Crippen LogP) is 4.71. The molecule has 1 unspecified atom stereocenters. The van der Waals surface area contributed by atoms with E-state index in [2.05, 4.69) is 10.4 Å². The Hall–Kier alpha value is -3.04. The Labute approximate surface area is 190 Å². The number of carbonyl (C=O) groups excluding carboxylic acids is 2. The molecule has 0 aliphatic carbocycles. The smallest absolute Gasteiger partial charge is 0.435 e. The van der Waals surface area contributed by atoms with Gasteiger partial charge in [0.25, 0.3) is 5.91 Å². The molecule has 1 atom stereocenters.